The summed E-state index contributed by atoms with van der Waals surface area (Å²) in [6, 6.07) is 0.736. The van der Waals surface area contributed by atoms with Gasteiger partial charge in [0.2, 0.25) is 0 Å². The zero-order chi connectivity index (χ0) is 13.3. The van der Waals surface area contributed by atoms with Gasteiger partial charge in [0.15, 0.2) is 0 Å². The Bertz CT molecular complexity index is 274. The minimum absolute atomic E-state index is 0.157. The summed E-state index contributed by atoms with van der Waals surface area (Å²) in [4.78, 5) is 0. The van der Waals surface area contributed by atoms with Crippen molar-refractivity contribution in [3.05, 3.63) is 0 Å². The van der Waals surface area contributed by atoms with Crippen LogP contribution in [0.2, 0.25) is 0 Å². The molecule has 1 saturated carbocycles. The Morgan fingerprint density at radius 3 is 2.50 bits per heavy atom. The molecule has 1 aliphatic carbocycles. The third-order valence-electron chi connectivity index (χ3n) is 4.77. The maximum absolute atomic E-state index is 10.3. The van der Waals surface area contributed by atoms with Crippen molar-refractivity contribution in [2.45, 2.75) is 65.1 Å². The lowest BCUT2D eigenvalue weighted by molar-refractivity contribution is -0.0404. The maximum Gasteiger partial charge on any atom is 0.0624 e. The van der Waals surface area contributed by atoms with Crippen LogP contribution in [-0.2, 0) is 4.74 Å². The van der Waals surface area contributed by atoms with E-state index in [2.05, 4.69) is 33.0 Å². The molecule has 0 amide bonds. The van der Waals surface area contributed by atoms with Crippen molar-refractivity contribution < 1.29 is 9.84 Å². The van der Waals surface area contributed by atoms with E-state index in [0.29, 0.717) is 29.3 Å². The van der Waals surface area contributed by atoms with Crippen LogP contribution in [0.3, 0.4) is 0 Å². The molecule has 2 fully saturated rings. The molecule has 2 rings (SSSR count). The molecule has 0 aromatic heterocycles. The molecule has 2 aliphatic rings. The fourth-order valence-electron chi connectivity index (χ4n) is 3.49. The SMILES string of the molecule is CC1COCC(C2CC(C(C)(C)C)CCC2O)N1. The highest BCUT2D eigenvalue weighted by atomic mass is 16.5. The number of hydrogen-bond donors (Lipinski definition) is 2. The Morgan fingerprint density at radius 2 is 1.89 bits per heavy atom. The van der Waals surface area contributed by atoms with E-state index in [0.717, 1.165) is 32.5 Å². The molecule has 1 heterocycles. The minimum Gasteiger partial charge on any atom is -0.393 e. The lowest BCUT2D eigenvalue weighted by atomic mass is 9.66. The van der Waals surface area contributed by atoms with Crippen molar-refractivity contribution >= 4 is 0 Å². The third kappa shape index (κ3) is 3.25. The Hall–Kier alpha value is -0.120. The van der Waals surface area contributed by atoms with Gasteiger partial charge in [0.25, 0.3) is 0 Å². The van der Waals surface area contributed by atoms with Gasteiger partial charge in [-0.15, -0.1) is 0 Å². The molecule has 18 heavy (non-hydrogen) atoms. The molecule has 5 atom stereocenters. The van der Waals surface area contributed by atoms with Gasteiger partial charge < -0.3 is 15.2 Å². The zero-order valence-corrected chi connectivity index (χ0v) is 12.3. The number of aliphatic hydroxyl groups is 1. The summed E-state index contributed by atoms with van der Waals surface area (Å²) in [7, 11) is 0. The first-order chi connectivity index (χ1) is 8.38. The van der Waals surface area contributed by atoms with Crippen LogP contribution in [0.15, 0.2) is 0 Å². The maximum atomic E-state index is 10.3. The van der Waals surface area contributed by atoms with Crippen LogP contribution in [0.25, 0.3) is 0 Å². The smallest absolute Gasteiger partial charge is 0.0624 e. The predicted octanol–water partition coefficient (Wildman–Crippen LogP) is 2.19. The van der Waals surface area contributed by atoms with E-state index in [9.17, 15) is 5.11 Å². The summed E-state index contributed by atoms with van der Waals surface area (Å²) in [5.74, 6) is 1.07. The van der Waals surface area contributed by atoms with Crippen molar-refractivity contribution in [3.63, 3.8) is 0 Å². The van der Waals surface area contributed by atoms with Crippen molar-refractivity contribution in [2.75, 3.05) is 13.2 Å². The molecule has 3 heteroatoms. The van der Waals surface area contributed by atoms with Crippen LogP contribution in [0.5, 0.6) is 0 Å². The number of ether oxygens (including phenoxy) is 1. The van der Waals surface area contributed by atoms with E-state index in [-0.39, 0.29) is 6.10 Å². The van der Waals surface area contributed by atoms with Crippen molar-refractivity contribution in [3.8, 4) is 0 Å². The molecule has 0 aromatic carbocycles. The number of aliphatic hydroxyl groups excluding tert-OH is 1. The molecular weight excluding hydrogens is 226 g/mol. The molecular formula is C15H29NO2. The van der Waals surface area contributed by atoms with E-state index < -0.39 is 0 Å². The van der Waals surface area contributed by atoms with Gasteiger partial charge in [-0.1, -0.05) is 20.8 Å². The average molecular weight is 255 g/mol. The van der Waals surface area contributed by atoms with Gasteiger partial charge in [-0.2, -0.15) is 0 Å². The van der Waals surface area contributed by atoms with E-state index in [1.165, 1.54) is 0 Å². The van der Waals surface area contributed by atoms with E-state index >= 15 is 0 Å². The molecule has 0 aromatic rings. The van der Waals surface area contributed by atoms with Gasteiger partial charge in [-0.3, -0.25) is 0 Å². The topological polar surface area (TPSA) is 41.5 Å². The summed E-state index contributed by atoms with van der Waals surface area (Å²) in [6.45, 7) is 10.7. The van der Waals surface area contributed by atoms with Gasteiger partial charge in [0, 0.05) is 18.0 Å². The van der Waals surface area contributed by atoms with Crippen LogP contribution in [-0.4, -0.2) is 36.5 Å². The lowest BCUT2D eigenvalue weighted by Gasteiger charge is -2.44. The molecule has 1 aliphatic heterocycles. The van der Waals surface area contributed by atoms with Gasteiger partial charge in [-0.05, 0) is 37.5 Å². The van der Waals surface area contributed by atoms with Gasteiger partial charge in [0.1, 0.15) is 0 Å². The lowest BCUT2D eigenvalue weighted by Crippen LogP contribution is -2.55. The molecule has 106 valence electrons. The molecule has 0 spiro atoms. The van der Waals surface area contributed by atoms with E-state index in [1.807, 2.05) is 0 Å². The number of rotatable bonds is 1. The summed E-state index contributed by atoms with van der Waals surface area (Å²) < 4.78 is 5.64. The molecule has 1 saturated heterocycles. The molecule has 5 unspecified atom stereocenters. The molecule has 3 nitrogen and oxygen atoms in total. The summed E-state index contributed by atoms with van der Waals surface area (Å²) >= 11 is 0. The summed E-state index contributed by atoms with van der Waals surface area (Å²) in [5, 5.41) is 13.9. The fraction of sp³-hybridized carbons (Fsp3) is 1.00. The Kier molecular flexibility index (Phi) is 4.35. The summed E-state index contributed by atoms with van der Waals surface area (Å²) in [6.07, 6.45) is 3.07. The second kappa shape index (κ2) is 5.48. The van der Waals surface area contributed by atoms with Crippen LogP contribution in [0, 0.1) is 17.3 Å². The zero-order valence-electron chi connectivity index (χ0n) is 12.3. The number of morpholine rings is 1. The van der Waals surface area contributed by atoms with Crippen molar-refractivity contribution in [1.82, 2.24) is 5.32 Å². The van der Waals surface area contributed by atoms with E-state index in [4.69, 9.17) is 4.74 Å². The minimum atomic E-state index is -0.157. The highest BCUT2D eigenvalue weighted by Crippen LogP contribution is 2.41. The first-order valence-corrected chi connectivity index (χ1v) is 7.40. The fourth-order valence-corrected chi connectivity index (χ4v) is 3.49. The molecule has 2 N–H and O–H groups in total. The van der Waals surface area contributed by atoms with Gasteiger partial charge in [0.05, 0.1) is 19.3 Å². The monoisotopic (exact) mass is 255 g/mol. The van der Waals surface area contributed by atoms with Gasteiger partial charge in [-0.25, -0.2) is 0 Å². The van der Waals surface area contributed by atoms with Crippen LogP contribution in [0.4, 0.5) is 0 Å². The Morgan fingerprint density at radius 1 is 1.17 bits per heavy atom. The second-order valence-corrected chi connectivity index (χ2v) is 7.32. The highest BCUT2D eigenvalue weighted by Gasteiger charge is 2.39. The summed E-state index contributed by atoms with van der Waals surface area (Å²) in [5.41, 5.74) is 0.347. The first-order valence-electron chi connectivity index (χ1n) is 7.40. The number of hydrogen-bond acceptors (Lipinski definition) is 3. The van der Waals surface area contributed by atoms with Crippen LogP contribution < -0.4 is 5.32 Å². The first kappa shape index (κ1) is 14.3. The van der Waals surface area contributed by atoms with Crippen LogP contribution in [0.1, 0.15) is 47.0 Å². The normalized spacial score (nSPS) is 42.8. The van der Waals surface area contributed by atoms with Crippen molar-refractivity contribution in [1.29, 1.82) is 0 Å². The van der Waals surface area contributed by atoms with Gasteiger partial charge >= 0.3 is 0 Å². The molecule has 0 bridgehead atoms. The quantitative estimate of drug-likeness (QED) is 0.754. The predicted molar refractivity (Wildman–Crippen MR) is 73.5 cm³/mol. The average Bonchev–Trinajstić information content (AvgIpc) is 2.28. The second-order valence-electron chi connectivity index (χ2n) is 7.32. The van der Waals surface area contributed by atoms with Crippen molar-refractivity contribution in [2.24, 2.45) is 17.3 Å². The van der Waals surface area contributed by atoms with Crippen LogP contribution >= 0.6 is 0 Å². The standard InChI is InChI=1S/C15H29NO2/c1-10-8-18-9-13(16-10)12-7-11(15(2,3)4)5-6-14(12)17/h10-14,16-17H,5-9H2,1-4H3. The Labute approximate surface area is 111 Å². The third-order valence-corrected chi connectivity index (χ3v) is 4.77. The molecule has 0 radical (unpaired) electrons. The highest BCUT2D eigenvalue weighted by molar-refractivity contribution is 4.93. The van der Waals surface area contributed by atoms with E-state index in [1.54, 1.807) is 0 Å². The largest absolute Gasteiger partial charge is 0.393 e. The Balaban J connectivity index is 2.01. The number of nitrogens with one attached hydrogen (secondary N) is 1.